The van der Waals surface area contributed by atoms with Crippen molar-refractivity contribution < 1.29 is 14.4 Å². The molecule has 1 saturated heterocycles. The largest absolute Gasteiger partial charge is 0.370 e. The summed E-state index contributed by atoms with van der Waals surface area (Å²) in [4.78, 5) is 18.8. The molecule has 0 aliphatic carbocycles. The zero-order chi connectivity index (χ0) is 23.3. The van der Waals surface area contributed by atoms with Crippen molar-refractivity contribution in [2.75, 3.05) is 38.2 Å². The molecule has 1 aliphatic rings. The standard InChI is InChI=1S/C28H26BrN3O2/c29-22-8-11-26-25(18-22)24(20-4-2-1-3-5-20)19-27(31-26)21-6-9-23(10-7-21)30-28(33)12-13-32-14-16-34-17-15-32/h1-11,18-19H,12-17H2,(H,30,33)/p+1. The maximum Gasteiger partial charge on any atom is 0.230 e. The fraction of sp³-hybridized carbons (Fsp3) is 0.214. The number of halogens is 1. The predicted molar refractivity (Wildman–Crippen MR) is 140 cm³/mol. The van der Waals surface area contributed by atoms with Crippen LogP contribution in [-0.4, -0.2) is 43.7 Å². The minimum absolute atomic E-state index is 0.0486. The van der Waals surface area contributed by atoms with Gasteiger partial charge in [-0.15, -0.1) is 0 Å². The Morgan fingerprint density at radius 2 is 1.71 bits per heavy atom. The van der Waals surface area contributed by atoms with Crippen LogP contribution in [0.5, 0.6) is 0 Å². The number of anilines is 1. The van der Waals surface area contributed by atoms with Gasteiger partial charge < -0.3 is 15.0 Å². The molecule has 0 unspecified atom stereocenters. The SMILES string of the molecule is O=C(CC[NH+]1CCOCC1)Nc1ccc(-c2cc(-c3ccccc3)c3cc(Br)ccc3n2)cc1. The molecule has 1 aliphatic heterocycles. The van der Waals surface area contributed by atoms with Crippen molar-refractivity contribution in [2.45, 2.75) is 6.42 Å². The van der Waals surface area contributed by atoms with Crippen molar-refractivity contribution >= 4 is 38.4 Å². The molecule has 3 aromatic carbocycles. The van der Waals surface area contributed by atoms with Gasteiger partial charge in [0.15, 0.2) is 0 Å². The molecule has 0 bridgehead atoms. The molecule has 5 nitrogen and oxygen atoms in total. The second-order valence-corrected chi connectivity index (χ2v) is 9.49. The van der Waals surface area contributed by atoms with E-state index in [9.17, 15) is 4.79 Å². The molecule has 4 aromatic rings. The van der Waals surface area contributed by atoms with E-state index in [0.717, 1.165) is 76.3 Å². The molecule has 0 atom stereocenters. The highest BCUT2D eigenvalue weighted by atomic mass is 79.9. The van der Waals surface area contributed by atoms with E-state index in [4.69, 9.17) is 9.72 Å². The fourth-order valence-electron chi connectivity index (χ4n) is 4.35. The Hall–Kier alpha value is -3.06. The van der Waals surface area contributed by atoms with Crippen molar-refractivity contribution in [3.63, 3.8) is 0 Å². The first-order chi connectivity index (χ1) is 16.7. The Kier molecular flexibility index (Phi) is 7.00. The van der Waals surface area contributed by atoms with Crippen LogP contribution in [0.3, 0.4) is 0 Å². The van der Waals surface area contributed by atoms with Crippen LogP contribution in [0.4, 0.5) is 5.69 Å². The summed E-state index contributed by atoms with van der Waals surface area (Å²) >= 11 is 3.59. The number of morpholine rings is 1. The second kappa shape index (κ2) is 10.5. The first-order valence-electron chi connectivity index (χ1n) is 11.6. The molecule has 1 fully saturated rings. The molecule has 0 radical (unpaired) electrons. The summed E-state index contributed by atoms with van der Waals surface area (Å²) in [5.74, 6) is 0.0486. The maximum absolute atomic E-state index is 12.4. The lowest BCUT2D eigenvalue weighted by atomic mass is 9.98. The Bertz CT molecular complexity index is 1290. The van der Waals surface area contributed by atoms with Crippen LogP contribution in [0.25, 0.3) is 33.3 Å². The van der Waals surface area contributed by atoms with Gasteiger partial charge in [0.1, 0.15) is 13.1 Å². The van der Waals surface area contributed by atoms with Crippen molar-refractivity contribution in [3.05, 3.63) is 83.3 Å². The second-order valence-electron chi connectivity index (χ2n) is 8.57. The minimum Gasteiger partial charge on any atom is -0.370 e. The van der Waals surface area contributed by atoms with Crippen LogP contribution in [0.1, 0.15) is 6.42 Å². The molecule has 34 heavy (non-hydrogen) atoms. The third-order valence-corrected chi connectivity index (χ3v) is 6.72. The summed E-state index contributed by atoms with van der Waals surface area (Å²) in [5.41, 5.74) is 5.96. The van der Waals surface area contributed by atoms with E-state index in [1.165, 1.54) is 4.90 Å². The number of nitrogens with zero attached hydrogens (tertiary/aromatic N) is 1. The van der Waals surface area contributed by atoms with Crippen molar-refractivity contribution in [3.8, 4) is 22.4 Å². The van der Waals surface area contributed by atoms with Gasteiger partial charge in [-0.2, -0.15) is 0 Å². The molecular weight excluding hydrogens is 490 g/mol. The van der Waals surface area contributed by atoms with E-state index in [2.05, 4.69) is 57.6 Å². The number of ether oxygens (including phenoxy) is 1. The Labute approximate surface area is 207 Å². The lowest BCUT2D eigenvalue weighted by Gasteiger charge is -2.23. The van der Waals surface area contributed by atoms with Gasteiger partial charge in [-0.3, -0.25) is 4.79 Å². The number of pyridine rings is 1. The molecule has 1 amide bonds. The number of fused-ring (bicyclic) bond motifs is 1. The Morgan fingerprint density at radius 3 is 2.47 bits per heavy atom. The number of amides is 1. The van der Waals surface area contributed by atoms with Crippen LogP contribution in [0.2, 0.25) is 0 Å². The number of quaternary nitrogens is 1. The quantitative estimate of drug-likeness (QED) is 0.394. The van der Waals surface area contributed by atoms with Crippen LogP contribution < -0.4 is 10.2 Å². The zero-order valence-electron chi connectivity index (χ0n) is 18.9. The third kappa shape index (κ3) is 5.36. The summed E-state index contributed by atoms with van der Waals surface area (Å²) in [6, 6.07) is 26.6. The van der Waals surface area contributed by atoms with E-state index in [1.54, 1.807) is 0 Å². The molecule has 2 N–H and O–H groups in total. The van der Waals surface area contributed by atoms with Crippen LogP contribution in [-0.2, 0) is 9.53 Å². The van der Waals surface area contributed by atoms with E-state index in [1.807, 2.05) is 42.5 Å². The highest BCUT2D eigenvalue weighted by Gasteiger charge is 2.15. The van der Waals surface area contributed by atoms with E-state index >= 15 is 0 Å². The lowest BCUT2D eigenvalue weighted by Crippen LogP contribution is -3.14. The Morgan fingerprint density at radius 1 is 0.941 bits per heavy atom. The van der Waals surface area contributed by atoms with Gasteiger partial charge in [-0.05, 0) is 47.5 Å². The van der Waals surface area contributed by atoms with E-state index in [0.29, 0.717) is 6.42 Å². The number of nitrogens with one attached hydrogen (secondary N) is 2. The number of hydrogen-bond donors (Lipinski definition) is 2. The first-order valence-corrected chi connectivity index (χ1v) is 12.4. The smallest absolute Gasteiger partial charge is 0.230 e. The molecule has 5 rings (SSSR count). The highest BCUT2D eigenvalue weighted by Crippen LogP contribution is 2.33. The summed E-state index contributed by atoms with van der Waals surface area (Å²) in [6.45, 7) is 4.35. The summed E-state index contributed by atoms with van der Waals surface area (Å²) < 4.78 is 6.41. The summed E-state index contributed by atoms with van der Waals surface area (Å²) in [7, 11) is 0. The molecule has 2 heterocycles. The third-order valence-electron chi connectivity index (χ3n) is 6.23. The number of carbonyl (C=O) groups is 1. The molecule has 172 valence electrons. The molecular formula is C28H27BrN3O2+. The zero-order valence-corrected chi connectivity index (χ0v) is 20.5. The van der Waals surface area contributed by atoms with Crippen LogP contribution in [0.15, 0.2) is 83.3 Å². The van der Waals surface area contributed by atoms with Crippen LogP contribution in [0, 0.1) is 0 Å². The monoisotopic (exact) mass is 516 g/mol. The van der Waals surface area contributed by atoms with Gasteiger partial charge in [0.2, 0.25) is 5.91 Å². The summed E-state index contributed by atoms with van der Waals surface area (Å²) in [5, 5.41) is 4.13. The molecule has 1 aromatic heterocycles. The number of rotatable bonds is 6. The number of carbonyl (C=O) groups excluding carboxylic acids is 1. The predicted octanol–water partition coefficient (Wildman–Crippen LogP) is 4.58. The van der Waals surface area contributed by atoms with Gasteiger partial charge in [0, 0.05) is 21.1 Å². The number of hydrogen-bond acceptors (Lipinski definition) is 3. The molecule has 6 heteroatoms. The Balaban J connectivity index is 1.35. The van der Waals surface area contributed by atoms with Crippen molar-refractivity contribution in [1.29, 1.82) is 0 Å². The summed E-state index contributed by atoms with van der Waals surface area (Å²) in [6.07, 6.45) is 0.513. The van der Waals surface area contributed by atoms with Gasteiger partial charge in [0.25, 0.3) is 0 Å². The van der Waals surface area contributed by atoms with E-state index in [-0.39, 0.29) is 5.91 Å². The van der Waals surface area contributed by atoms with Crippen molar-refractivity contribution in [1.82, 2.24) is 4.98 Å². The fourth-order valence-corrected chi connectivity index (χ4v) is 4.71. The maximum atomic E-state index is 12.4. The van der Waals surface area contributed by atoms with Crippen LogP contribution >= 0.6 is 15.9 Å². The van der Waals surface area contributed by atoms with Gasteiger partial charge in [-0.25, -0.2) is 4.98 Å². The molecule has 0 spiro atoms. The average molecular weight is 517 g/mol. The molecule has 0 saturated carbocycles. The number of aromatic nitrogens is 1. The van der Waals surface area contributed by atoms with Crippen molar-refractivity contribution in [2.24, 2.45) is 0 Å². The van der Waals surface area contributed by atoms with E-state index < -0.39 is 0 Å². The van der Waals surface area contributed by atoms with Gasteiger partial charge in [-0.1, -0.05) is 58.4 Å². The topological polar surface area (TPSA) is 55.7 Å². The number of benzene rings is 3. The minimum atomic E-state index is 0.0486. The van der Waals surface area contributed by atoms with Gasteiger partial charge >= 0.3 is 0 Å². The first kappa shape index (κ1) is 22.7. The van der Waals surface area contributed by atoms with Gasteiger partial charge in [0.05, 0.1) is 37.4 Å². The average Bonchev–Trinajstić information content (AvgIpc) is 2.88. The lowest BCUT2D eigenvalue weighted by molar-refractivity contribution is -0.907. The highest BCUT2D eigenvalue weighted by molar-refractivity contribution is 9.10. The normalized spacial score (nSPS) is 14.3.